The molecule has 0 aliphatic carbocycles. The van der Waals surface area contributed by atoms with Crippen LogP contribution in [0.1, 0.15) is 18.9 Å². The maximum atomic E-state index is 12.4. The van der Waals surface area contributed by atoms with E-state index in [1.54, 1.807) is 0 Å². The van der Waals surface area contributed by atoms with E-state index in [1.165, 1.54) is 5.69 Å². The van der Waals surface area contributed by atoms with Gasteiger partial charge in [0.05, 0.1) is 11.5 Å². The molecule has 170 valence electrons. The molecule has 0 unspecified atom stereocenters. The maximum absolute atomic E-state index is 12.4. The zero-order chi connectivity index (χ0) is 21.2. The summed E-state index contributed by atoms with van der Waals surface area (Å²) < 4.78 is 24.7. The molecule has 1 fully saturated rings. The second-order valence-corrected chi connectivity index (χ2v) is 9.66. The highest BCUT2D eigenvalue weighted by Gasteiger charge is 2.19. The summed E-state index contributed by atoms with van der Waals surface area (Å²) in [6.45, 7) is 7.04. The van der Waals surface area contributed by atoms with Crippen molar-refractivity contribution in [3.63, 3.8) is 0 Å². The molecule has 2 aromatic rings. The molecule has 0 atom stereocenters. The van der Waals surface area contributed by atoms with Crippen molar-refractivity contribution in [1.82, 2.24) is 10.2 Å². The molecular weight excluding hydrogens is 523 g/mol. The van der Waals surface area contributed by atoms with E-state index in [4.69, 9.17) is 4.99 Å². The third-order valence-corrected chi connectivity index (χ3v) is 6.82. The van der Waals surface area contributed by atoms with E-state index in [9.17, 15) is 8.42 Å². The molecule has 1 aliphatic heterocycles. The molecule has 0 spiro atoms. The Bertz CT molecular complexity index is 900. The van der Waals surface area contributed by atoms with Crippen LogP contribution < -0.4 is 10.2 Å². The molecule has 1 aliphatic rings. The number of para-hydroxylation sites is 1. The van der Waals surface area contributed by atoms with E-state index >= 15 is 0 Å². The van der Waals surface area contributed by atoms with Gasteiger partial charge in [0.1, 0.15) is 0 Å². The smallest absolute Gasteiger partial charge is 0.194 e. The van der Waals surface area contributed by atoms with Gasteiger partial charge in [0.25, 0.3) is 0 Å². The fraction of sp³-hybridized carbons (Fsp3) is 0.435. The molecule has 0 radical (unpaired) electrons. The molecule has 0 aromatic heterocycles. The van der Waals surface area contributed by atoms with Gasteiger partial charge in [-0.1, -0.05) is 48.5 Å². The number of benzene rings is 2. The van der Waals surface area contributed by atoms with Gasteiger partial charge in [0.2, 0.25) is 0 Å². The van der Waals surface area contributed by atoms with Crippen molar-refractivity contribution < 1.29 is 8.42 Å². The van der Waals surface area contributed by atoms with Crippen LogP contribution in [0.5, 0.6) is 0 Å². The lowest BCUT2D eigenvalue weighted by molar-refractivity contribution is 0.372. The second-order valence-electron chi connectivity index (χ2n) is 7.48. The van der Waals surface area contributed by atoms with Crippen LogP contribution in [-0.4, -0.2) is 64.3 Å². The minimum atomic E-state index is -3.12. The Hall–Kier alpha value is -1.81. The Morgan fingerprint density at radius 1 is 0.968 bits per heavy atom. The van der Waals surface area contributed by atoms with Crippen molar-refractivity contribution in [2.75, 3.05) is 49.9 Å². The van der Waals surface area contributed by atoms with Crippen LogP contribution in [0.25, 0.3) is 0 Å². The van der Waals surface area contributed by atoms with Crippen molar-refractivity contribution in [2.45, 2.75) is 19.1 Å². The number of anilines is 1. The predicted octanol–water partition coefficient (Wildman–Crippen LogP) is 3.40. The second kappa shape index (κ2) is 12.9. The average Bonchev–Trinajstić information content (AvgIpc) is 2.77. The third kappa shape index (κ3) is 8.33. The molecule has 0 bridgehead atoms. The monoisotopic (exact) mass is 556 g/mol. The maximum Gasteiger partial charge on any atom is 0.194 e. The van der Waals surface area contributed by atoms with Crippen molar-refractivity contribution in [1.29, 1.82) is 0 Å². The number of guanidine groups is 1. The predicted molar refractivity (Wildman–Crippen MR) is 140 cm³/mol. The van der Waals surface area contributed by atoms with Crippen molar-refractivity contribution in [2.24, 2.45) is 4.99 Å². The molecule has 2 aromatic carbocycles. The summed E-state index contributed by atoms with van der Waals surface area (Å²) in [6.07, 6.45) is 0.536. The molecule has 1 heterocycles. The molecular formula is C23H33IN4O2S. The SMILES string of the molecule is CCNC(=NCCCS(=O)(=O)Cc1ccccc1)N1CCN(c2ccccc2)CC1.I. The first-order valence-electron chi connectivity index (χ1n) is 10.6. The highest BCUT2D eigenvalue weighted by Crippen LogP contribution is 2.15. The Morgan fingerprint density at radius 2 is 1.58 bits per heavy atom. The molecule has 6 nitrogen and oxygen atoms in total. The average molecular weight is 557 g/mol. The highest BCUT2D eigenvalue weighted by atomic mass is 127. The Kier molecular flexibility index (Phi) is 10.6. The van der Waals surface area contributed by atoms with E-state index in [2.05, 4.69) is 46.3 Å². The molecule has 0 amide bonds. The largest absolute Gasteiger partial charge is 0.368 e. The van der Waals surface area contributed by atoms with E-state index in [1.807, 2.05) is 36.4 Å². The number of rotatable bonds is 8. The number of nitrogens with zero attached hydrogens (tertiary/aromatic N) is 3. The number of aliphatic imine (C=N–C) groups is 1. The van der Waals surface area contributed by atoms with Crippen LogP contribution in [0.4, 0.5) is 5.69 Å². The van der Waals surface area contributed by atoms with Crippen LogP contribution >= 0.6 is 24.0 Å². The summed E-state index contributed by atoms with van der Waals surface area (Å²) in [5.41, 5.74) is 2.09. The van der Waals surface area contributed by atoms with Gasteiger partial charge in [0, 0.05) is 45.0 Å². The van der Waals surface area contributed by atoms with Gasteiger partial charge in [-0.3, -0.25) is 4.99 Å². The standard InChI is InChI=1S/C23H32N4O2S.HI/c1-2-24-23(27-17-15-26(16-18-27)22-12-7-4-8-13-22)25-14-9-19-30(28,29)20-21-10-5-3-6-11-21;/h3-8,10-13H,2,9,14-20H2,1H3,(H,24,25);1H. The van der Waals surface area contributed by atoms with Gasteiger partial charge < -0.3 is 15.1 Å². The highest BCUT2D eigenvalue weighted by molar-refractivity contribution is 14.0. The summed E-state index contributed by atoms with van der Waals surface area (Å²) in [6, 6.07) is 19.8. The van der Waals surface area contributed by atoms with Crippen LogP contribution in [0.15, 0.2) is 65.7 Å². The minimum Gasteiger partial charge on any atom is -0.368 e. The minimum absolute atomic E-state index is 0. The number of piperazine rings is 1. The first kappa shape index (κ1) is 25.5. The molecule has 0 saturated carbocycles. The number of nitrogens with one attached hydrogen (secondary N) is 1. The van der Waals surface area contributed by atoms with Crippen LogP contribution in [0.3, 0.4) is 0 Å². The lowest BCUT2D eigenvalue weighted by atomic mass is 10.2. The molecule has 1 N–H and O–H groups in total. The van der Waals surface area contributed by atoms with Gasteiger partial charge in [-0.25, -0.2) is 8.42 Å². The summed E-state index contributed by atoms with van der Waals surface area (Å²) in [5.74, 6) is 1.14. The number of hydrogen-bond acceptors (Lipinski definition) is 4. The molecule has 3 rings (SSSR count). The number of halogens is 1. The third-order valence-electron chi connectivity index (χ3n) is 5.14. The Morgan fingerprint density at radius 3 is 2.19 bits per heavy atom. The van der Waals surface area contributed by atoms with Gasteiger partial charge in [-0.15, -0.1) is 24.0 Å². The zero-order valence-electron chi connectivity index (χ0n) is 18.1. The van der Waals surface area contributed by atoms with Crippen LogP contribution in [0, 0.1) is 0 Å². The van der Waals surface area contributed by atoms with E-state index in [-0.39, 0.29) is 35.5 Å². The van der Waals surface area contributed by atoms with Gasteiger partial charge in [-0.2, -0.15) is 0 Å². The van der Waals surface area contributed by atoms with Crippen molar-refractivity contribution >= 4 is 45.5 Å². The van der Waals surface area contributed by atoms with E-state index in [0.29, 0.717) is 13.0 Å². The Balaban J connectivity index is 0.00000341. The summed E-state index contributed by atoms with van der Waals surface area (Å²) in [4.78, 5) is 9.34. The van der Waals surface area contributed by atoms with Crippen LogP contribution in [0.2, 0.25) is 0 Å². The van der Waals surface area contributed by atoms with Gasteiger partial charge >= 0.3 is 0 Å². The van der Waals surface area contributed by atoms with Gasteiger partial charge in [-0.05, 0) is 31.0 Å². The number of sulfone groups is 1. The summed E-state index contributed by atoms with van der Waals surface area (Å²) >= 11 is 0. The first-order chi connectivity index (χ1) is 14.6. The first-order valence-corrected chi connectivity index (χ1v) is 12.5. The molecule has 8 heteroatoms. The fourth-order valence-electron chi connectivity index (χ4n) is 3.61. The molecule has 1 saturated heterocycles. The summed E-state index contributed by atoms with van der Waals surface area (Å²) in [7, 11) is -3.12. The fourth-order valence-corrected chi connectivity index (χ4v) is 5.02. The van der Waals surface area contributed by atoms with Gasteiger partial charge in [0.15, 0.2) is 15.8 Å². The normalized spacial score (nSPS) is 14.8. The van der Waals surface area contributed by atoms with Crippen LogP contribution in [-0.2, 0) is 15.6 Å². The van der Waals surface area contributed by atoms with E-state index < -0.39 is 9.84 Å². The van der Waals surface area contributed by atoms with Crippen molar-refractivity contribution in [3.8, 4) is 0 Å². The van der Waals surface area contributed by atoms with Crippen molar-refractivity contribution in [3.05, 3.63) is 66.2 Å². The lowest BCUT2D eigenvalue weighted by Crippen LogP contribution is -2.52. The number of hydrogen-bond donors (Lipinski definition) is 1. The topological polar surface area (TPSA) is 65.0 Å². The quantitative estimate of drug-likeness (QED) is 0.234. The Labute approximate surface area is 203 Å². The lowest BCUT2D eigenvalue weighted by Gasteiger charge is -2.37. The zero-order valence-corrected chi connectivity index (χ0v) is 21.3. The molecule has 31 heavy (non-hydrogen) atoms. The van der Waals surface area contributed by atoms with E-state index in [0.717, 1.165) is 44.2 Å². The summed E-state index contributed by atoms with van der Waals surface area (Å²) in [5, 5.41) is 3.35.